The third kappa shape index (κ3) is 66.5. The number of hydrogen-bond acceptors (Lipinski definition) is 15. The predicted octanol–water partition coefficient (Wildman–Crippen LogP) is 20.9. The van der Waals surface area contributed by atoms with Crippen molar-refractivity contribution in [2.75, 3.05) is 39.6 Å². The van der Waals surface area contributed by atoms with Gasteiger partial charge in [0.05, 0.1) is 26.4 Å². The maximum atomic E-state index is 13.1. The molecule has 91 heavy (non-hydrogen) atoms. The first-order valence-electron chi connectivity index (χ1n) is 37.6. The lowest BCUT2D eigenvalue weighted by molar-refractivity contribution is -0.161. The zero-order valence-electron chi connectivity index (χ0n) is 59.0. The molecule has 0 aliphatic heterocycles. The highest BCUT2D eigenvalue weighted by atomic mass is 31.2. The molecular weight excluding hydrogens is 1200 g/mol. The van der Waals surface area contributed by atoms with E-state index in [1.165, 1.54) is 193 Å². The van der Waals surface area contributed by atoms with Crippen LogP contribution in [0.1, 0.15) is 375 Å². The maximum Gasteiger partial charge on any atom is 0.472 e. The number of unbranched alkanes of at least 4 members (excludes halogenated alkanes) is 44. The molecule has 3 N–H and O–H groups in total. The Kier molecular flexibility index (Phi) is 64.0. The van der Waals surface area contributed by atoms with Crippen LogP contribution in [0.5, 0.6) is 0 Å². The lowest BCUT2D eigenvalue weighted by atomic mass is 10.0. The molecule has 19 heteroatoms. The molecule has 0 fully saturated rings. The molecule has 0 radical (unpaired) electrons. The summed E-state index contributed by atoms with van der Waals surface area (Å²) in [5.41, 5.74) is 0. The summed E-state index contributed by atoms with van der Waals surface area (Å²) in [6, 6.07) is 0. The van der Waals surface area contributed by atoms with E-state index in [0.717, 1.165) is 96.3 Å². The van der Waals surface area contributed by atoms with Gasteiger partial charge in [0.2, 0.25) is 0 Å². The van der Waals surface area contributed by atoms with Crippen LogP contribution in [0.25, 0.3) is 0 Å². The van der Waals surface area contributed by atoms with E-state index in [-0.39, 0.29) is 25.7 Å². The van der Waals surface area contributed by atoms with E-state index >= 15 is 0 Å². The minimum absolute atomic E-state index is 0.102. The van der Waals surface area contributed by atoms with E-state index in [0.29, 0.717) is 31.6 Å². The Bertz CT molecular complexity index is 1750. The molecule has 0 aromatic rings. The molecule has 0 saturated heterocycles. The number of aliphatic hydroxyl groups is 1. The van der Waals surface area contributed by atoms with Crippen LogP contribution >= 0.6 is 15.6 Å². The van der Waals surface area contributed by atoms with E-state index in [4.69, 9.17) is 37.0 Å². The van der Waals surface area contributed by atoms with Crippen molar-refractivity contribution in [3.63, 3.8) is 0 Å². The fourth-order valence-electron chi connectivity index (χ4n) is 11.0. The molecule has 0 aromatic heterocycles. The summed E-state index contributed by atoms with van der Waals surface area (Å²) in [7, 11) is -9.89. The summed E-state index contributed by atoms with van der Waals surface area (Å²) in [6.07, 6.45) is 53.5. The van der Waals surface area contributed by atoms with E-state index in [1.807, 2.05) is 0 Å². The van der Waals surface area contributed by atoms with Crippen LogP contribution < -0.4 is 0 Å². The number of hydrogen-bond donors (Lipinski definition) is 3. The Balaban J connectivity index is 5.10. The van der Waals surface area contributed by atoms with E-state index in [1.54, 1.807) is 0 Å². The molecule has 0 saturated carbocycles. The standard InChI is InChI=1S/C72H140O17P2/c1-6-9-12-15-17-19-21-23-25-27-28-29-30-31-33-35-37-39-41-47-52-57-71(76)88-68(62-83-70(75)56-51-46-40-38-36-34-32-26-24-22-20-18-16-13-10-7-2)64-87-91(80,81)85-60-66(73)59-84-90(78,79)86-63-67(61-82-69(74)55-50-44-14-11-8-3)89-72(77)58-53-48-43-42-45-49-54-65(4)5/h65-68,73H,6-64H2,1-5H3,(H,78,79)(H,80,81)/t66-,67+,68+/m0/s1. The number of ether oxygens (including phenoxy) is 4. The Hall–Kier alpha value is -1.94. The first kappa shape index (κ1) is 89.1. The zero-order chi connectivity index (χ0) is 67.0. The minimum atomic E-state index is -4.95. The number of aliphatic hydroxyl groups excluding tert-OH is 1. The SMILES string of the molecule is CCCCCCCCCCCCCCCCCCCCCCCC(=O)O[C@H](COC(=O)CCCCCCCCCCCCCCCCCC)COP(=O)(O)OC[C@@H](O)COP(=O)(O)OC[C@@H](COC(=O)CCCCCCC)OC(=O)CCCCCCCCC(C)C. The van der Waals surface area contributed by atoms with Gasteiger partial charge in [0.25, 0.3) is 0 Å². The molecular formula is C72H140O17P2. The zero-order valence-corrected chi connectivity index (χ0v) is 60.8. The highest BCUT2D eigenvalue weighted by Crippen LogP contribution is 2.45. The van der Waals surface area contributed by atoms with Gasteiger partial charge in [-0.15, -0.1) is 0 Å². The number of carbonyl (C=O) groups is 4. The van der Waals surface area contributed by atoms with Crippen LogP contribution in [0, 0.1) is 5.92 Å². The van der Waals surface area contributed by atoms with Crippen molar-refractivity contribution in [1.82, 2.24) is 0 Å². The highest BCUT2D eigenvalue weighted by Gasteiger charge is 2.30. The van der Waals surface area contributed by atoms with Gasteiger partial charge in [-0.25, -0.2) is 9.13 Å². The Morgan fingerprint density at radius 2 is 0.505 bits per heavy atom. The first-order chi connectivity index (χ1) is 44.0. The average Bonchev–Trinajstić information content (AvgIpc) is 3.30. The van der Waals surface area contributed by atoms with Gasteiger partial charge in [-0.2, -0.15) is 0 Å². The fraction of sp³-hybridized carbons (Fsp3) is 0.944. The minimum Gasteiger partial charge on any atom is -0.462 e. The van der Waals surface area contributed by atoms with Crippen LogP contribution in [0.3, 0.4) is 0 Å². The number of phosphoric ester groups is 2. The van der Waals surface area contributed by atoms with Crippen molar-refractivity contribution in [3.05, 3.63) is 0 Å². The van der Waals surface area contributed by atoms with Gasteiger partial charge in [-0.3, -0.25) is 37.3 Å². The Morgan fingerprint density at radius 3 is 0.747 bits per heavy atom. The van der Waals surface area contributed by atoms with Crippen LogP contribution in [0.4, 0.5) is 0 Å². The monoisotopic (exact) mass is 1340 g/mol. The summed E-state index contributed by atoms with van der Waals surface area (Å²) in [5.74, 6) is -1.47. The van der Waals surface area contributed by atoms with Gasteiger partial charge in [0, 0.05) is 25.7 Å². The van der Waals surface area contributed by atoms with Gasteiger partial charge in [0.1, 0.15) is 19.3 Å². The molecule has 0 rings (SSSR count). The van der Waals surface area contributed by atoms with Gasteiger partial charge in [-0.1, -0.05) is 324 Å². The van der Waals surface area contributed by atoms with E-state index < -0.39 is 97.5 Å². The molecule has 0 aliphatic carbocycles. The smallest absolute Gasteiger partial charge is 0.462 e. The topological polar surface area (TPSA) is 237 Å². The van der Waals surface area contributed by atoms with Gasteiger partial charge in [-0.05, 0) is 31.6 Å². The molecule has 0 aliphatic rings. The van der Waals surface area contributed by atoms with Gasteiger partial charge in [0.15, 0.2) is 12.2 Å². The van der Waals surface area contributed by atoms with Crippen LogP contribution in [0.15, 0.2) is 0 Å². The number of phosphoric acid groups is 2. The van der Waals surface area contributed by atoms with Crippen molar-refractivity contribution in [2.24, 2.45) is 5.92 Å². The number of rotatable bonds is 72. The van der Waals surface area contributed by atoms with Gasteiger partial charge >= 0.3 is 39.5 Å². The molecule has 0 spiro atoms. The first-order valence-corrected chi connectivity index (χ1v) is 40.6. The largest absolute Gasteiger partial charge is 0.472 e. The highest BCUT2D eigenvalue weighted by molar-refractivity contribution is 7.47. The van der Waals surface area contributed by atoms with Crippen molar-refractivity contribution >= 4 is 39.5 Å². The molecule has 17 nitrogen and oxygen atoms in total. The van der Waals surface area contributed by atoms with Crippen molar-refractivity contribution in [2.45, 2.75) is 393 Å². The summed E-state index contributed by atoms with van der Waals surface area (Å²) in [6.45, 7) is 7.07. The molecule has 0 amide bonds. The molecule has 540 valence electrons. The van der Waals surface area contributed by atoms with Crippen LogP contribution in [0.2, 0.25) is 0 Å². The summed E-state index contributed by atoms with van der Waals surface area (Å²) in [4.78, 5) is 72.2. The van der Waals surface area contributed by atoms with Crippen molar-refractivity contribution in [3.8, 4) is 0 Å². The van der Waals surface area contributed by atoms with E-state index in [2.05, 4.69) is 34.6 Å². The molecule has 0 heterocycles. The summed E-state index contributed by atoms with van der Waals surface area (Å²) >= 11 is 0. The van der Waals surface area contributed by atoms with E-state index in [9.17, 15) is 43.2 Å². The van der Waals surface area contributed by atoms with Crippen LogP contribution in [-0.2, 0) is 65.4 Å². The quantitative estimate of drug-likeness (QED) is 0.0222. The van der Waals surface area contributed by atoms with Gasteiger partial charge < -0.3 is 33.8 Å². The molecule has 0 aromatic carbocycles. The predicted molar refractivity (Wildman–Crippen MR) is 368 cm³/mol. The third-order valence-electron chi connectivity index (χ3n) is 16.8. The number of esters is 4. The second-order valence-electron chi connectivity index (χ2n) is 26.5. The lowest BCUT2D eigenvalue weighted by Crippen LogP contribution is -2.30. The fourth-order valence-corrected chi connectivity index (χ4v) is 12.6. The lowest BCUT2D eigenvalue weighted by Gasteiger charge is -2.21. The summed E-state index contributed by atoms with van der Waals surface area (Å²) in [5, 5.41) is 10.6. The van der Waals surface area contributed by atoms with Crippen LogP contribution in [-0.4, -0.2) is 96.7 Å². The van der Waals surface area contributed by atoms with Crippen molar-refractivity contribution in [1.29, 1.82) is 0 Å². The Morgan fingerprint density at radius 1 is 0.297 bits per heavy atom. The molecule has 2 unspecified atom stereocenters. The van der Waals surface area contributed by atoms with Crippen molar-refractivity contribution < 1.29 is 80.2 Å². The third-order valence-corrected chi connectivity index (χ3v) is 18.7. The summed E-state index contributed by atoms with van der Waals surface area (Å²) < 4.78 is 68.1. The molecule has 0 bridgehead atoms. The number of carbonyl (C=O) groups excluding carboxylic acids is 4. The average molecular weight is 1340 g/mol. The Labute approximate surface area is 556 Å². The second-order valence-corrected chi connectivity index (χ2v) is 29.4. The normalized spacial score (nSPS) is 14.0. The second kappa shape index (κ2) is 65.4. The maximum absolute atomic E-state index is 13.1. The molecule has 5 atom stereocenters.